The van der Waals surface area contributed by atoms with Crippen LogP contribution in [0.25, 0.3) is 0 Å². The number of allylic oxidation sites excluding steroid dienone is 1. The third kappa shape index (κ3) is 5.60. The molecule has 0 saturated heterocycles. The summed E-state index contributed by atoms with van der Waals surface area (Å²) >= 11 is 0. The molecule has 1 aromatic carbocycles. The van der Waals surface area contributed by atoms with E-state index in [1.54, 1.807) is 7.11 Å². The molecule has 1 aromatic rings. The van der Waals surface area contributed by atoms with Crippen molar-refractivity contribution in [1.29, 1.82) is 0 Å². The molecule has 0 spiro atoms. The highest BCUT2D eigenvalue weighted by atomic mass is 16.5. The first-order valence-corrected chi connectivity index (χ1v) is 9.85. The average Bonchev–Trinajstić information content (AvgIpc) is 2.60. The zero-order valence-electron chi connectivity index (χ0n) is 17.1. The molecule has 2 rings (SSSR count). The van der Waals surface area contributed by atoms with Crippen molar-refractivity contribution in [2.45, 2.75) is 83.7 Å². The van der Waals surface area contributed by atoms with Gasteiger partial charge in [-0.2, -0.15) is 0 Å². The van der Waals surface area contributed by atoms with E-state index in [9.17, 15) is 0 Å². The van der Waals surface area contributed by atoms with E-state index in [0.29, 0.717) is 6.04 Å². The van der Waals surface area contributed by atoms with Crippen LogP contribution in [0.1, 0.15) is 71.8 Å². The van der Waals surface area contributed by atoms with E-state index in [1.807, 2.05) is 0 Å². The Labute approximate surface area is 155 Å². The minimum absolute atomic E-state index is 0.131. The summed E-state index contributed by atoms with van der Waals surface area (Å²) in [5.41, 5.74) is 2.93. The lowest BCUT2D eigenvalue weighted by molar-refractivity contribution is 0.141. The number of nitrogens with zero attached hydrogens (tertiary/aromatic N) is 1. The molecule has 0 amide bonds. The van der Waals surface area contributed by atoms with Crippen molar-refractivity contribution in [3.8, 4) is 5.75 Å². The number of hydrogen-bond acceptors (Lipinski definition) is 2. The van der Waals surface area contributed by atoms with Gasteiger partial charge in [-0.3, -0.25) is 4.90 Å². The summed E-state index contributed by atoms with van der Waals surface area (Å²) in [5.74, 6) is 0.930. The van der Waals surface area contributed by atoms with Crippen LogP contribution in [0.5, 0.6) is 5.75 Å². The molecule has 1 aliphatic rings. The lowest BCUT2D eigenvalue weighted by Crippen LogP contribution is -2.43. The van der Waals surface area contributed by atoms with Crippen LogP contribution in [0.15, 0.2) is 35.9 Å². The summed E-state index contributed by atoms with van der Waals surface area (Å²) in [6.07, 6.45) is 10.5. The molecule has 1 atom stereocenters. The van der Waals surface area contributed by atoms with E-state index in [2.05, 4.69) is 70.0 Å². The molecule has 0 radical (unpaired) electrons. The smallest absolute Gasteiger partial charge is 0.118 e. The highest BCUT2D eigenvalue weighted by molar-refractivity contribution is 5.32. The Morgan fingerprint density at radius 2 is 1.76 bits per heavy atom. The van der Waals surface area contributed by atoms with E-state index in [-0.39, 0.29) is 5.41 Å². The van der Waals surface area contributed by atoms with Crippen molar-refractivity contribution in [1.82, 2.24) is 4.90 Å². The SMILES string of the molecule is COc1ccc(C(C)(C)CC(C=C(C)C)N(C)C2CCCCC2)cc1. The summed E-state index contributed by atoms with van der Waals surface area (Å²) in [4.78, 5) is 2.65. The first-order chi connectivity index (χ1) is 11.8. The molecule has 1 unspecified atom stereocenters. The predicted molar refractivity (Wildman–Crippen MR) is 108 cm³/mol. The zero-order valence-corrected chi connectivity index (χ0v) is 17.1. The van der Waals surface area contributed by atoms with Gasteiger partial charge in [0, 0.05) is 12.1 Å². The fourth-order valence-corrected chi connectivity index (χ4v) is 4.15. The van der Waals surface area contributed by atoms with Crippen LogP contribution < -0.4 is 4.74 Å². The molecule has 0 bridgehead atoms. The molecule has 140 valence electrons. The topological polar surface area (TPSA) is 12.5 Å². The first-order valence-electron chi connectivity index (χ1n) is 9.85. The summed E-state index contributed by atoms with van der Waals surface area (Å²) < 4.78 is 5.32. The molecule has 25 heavy (non-hydrogen) atoms. The molecular formula is C23H37NO. The van der Waals surface area contributed by atoms with Crippen molar-refractivity contribution in [2.75, 3.05) is 14.2 Å². The molecule has 1 saturated carbocycles. The summed E-state index contributed by atoms with van der Waals surface area (Å²) in [7, 11) is 4.06. The van der Waals surface area contributed by atoms with Crippen LogP contribution in [0.2, 0.25) is 0 Å². The number of benzene rings is 1. The van der Waals surface area contributed by atoms with Gasteiger partial charge >= 0.3 is 0 Å². The Balaban J connectivity index is 2.17. The summed E-state index contributed by atoms with van der Waals surface area (Å²) in [5, 5.41) is 0. The summed E-state index contributed by atoms with van der Waals surface area (Å²) in [6, 6.07) is 9.83. The zero-order chi connectivity index (χ0) is 18.4. The highest BCUT2D eigenvalue weighted by Gasteiger charge is 2.30. The van der Waals surface area contributed by atoms with Crippen molar-refractivity contribution in [3.63, 3.8) is 0 Å². The van der Waals surface area contributed by atoms with Crippen LogP contribution in [0.3, 0.4) is 0 Å². The lowest BCUT2D eigenvalue weighted by atomic mass is 9.78. The van der Waals surface area contributed by atoms with E-state index in [0.717, 1.165) is 18.2 Å². The van der Waals surface area contributed by atoms with Crippen LogP contribution >= 0.6 is 0 Å². The molecule has 0 aromatic heterocycles. The minimum Gasteiger partial charge on any atom is -0.497 e. The monoisotopic (exact) mass is 343 g/mol. The second-order valence-corrected chi connectivity index (χ2v) is 8.59. The van der Waals surface area contributed by atoms with Gasteiger partial charge in [-0.15, -0.1) is 0 Å². The Hall–Kier alpha value is -1.28. The average molecular weight is 344 g/mol. The number of ether oxygens (including phenoxy) is 1. The molecule has 0 heterocycles. The van der Waals surface area contributed by atoms with Crippen molar-refractivity contribution < 1.29 is 4.74 Å². The van der Waals surface area contributed by atoms with E-state index >= 15 is 0 Å². The van der Waals surface area contributed by atoms with Crippen molar-refractivity contribution >= 4 is 0 Å². The van der Waals surface area contributed by atoms with Gasteiger partial charge in [0.2, 0.25) is 0 Å². The molecule has 1 aliphatic carbocycles. The fourth-order valence-electron chi connectivity index (χ4n) is 4.15. The van der Waals surface area contributed by atoms with E-state index < -0.39 is 0 Å². The largest absolute Gasteiger partial charge is 0.497 e. The van der Waals surface area contributed by atoms with Crippen LogP contribution in [-0.2, 0) is 5.41 Å². The highest BCUT2D eigenvalue weighted by Crippen LogP contribution is 2.33. The molecule has 0 N–H and O–H groups in total. The third-order valence-corrected chi connectivity index (χ3v) is 5.79. The minimum atomic E-state index is 0.131. The number of likely N-dealkylation sites (N-methyl/N-ethyl adjacent to an activating group) is 1. The molecule has 0 aliphatic heterocycles. The second-order valence-electron chi connectivity index (χ2n) is 8.59. The Morgan fingerprint density at radius 1 is 1.16 bits per heavy atom. The third-order valence-electron chi connectivity index (χ3n) is 5.79. The predicted octanol–water partition coefficient (Wildman–Crippen LogP) is 5.96. The standard InChI is InChI=1S/C23H37NO/c1-18(2)16-21(24(5)20-10-8-7-9-11-20)17-23(3,4)19-12-14-22(25-6)15-13-19/h12-16,20-21H,7-11,17H2,1-6H3. The first kappa shape index (κ1) is 20.0. The molecular weight excluding hydrogens is 306 g/mol. The van der Waals surface area contributed by atoms with Gasteiger partial charge in [0.15, 0.2) is 0 Å². The van der Waals surface area contributed by atoms with Gasteiger partial charge in [-0.1, -0.05) is 56.9 Å². The summed E-state index contributed by atoms with van der Waals surface area (Å²) in [6.45, 7) is 9.19. The number of hydrogen-bond donors (Lipinski definition) is 0. The van der Waals surface area contributed by atoms with Gasteiger partial charge in [0.1, 0.15) is 5.75 Å². The Kier molecular flexibility index (Phi) is 7.13. The molecule has 1 fully saturated rings. The van der Waals surface area contributed by atoms with Crippen LogP contribution in [-0.4, -0.2) is 31.1 Å². The van der Waals surface area contributed by atoms with Crippen molar-refractivity contribution in [2.24, 2.45) is 0 Å². The lowest BCUT2D eigenvalue weighted by Gasteiger charge is -2.40. The van der Waals surface area contributed by atoms with Crippen LogP contribution in [0, 0.1) is 0 Å². The van der Waals surface area contributed by atoms with E-state index in [1.165, 1.54) is 43.2 Å². The quantitative estimate of drug-likeness (QED) is 0.566. The maximum atomic E-state index is 5.32. The maximum Gasteiger partial charge on any atom is 0.118 e. The molecule has 2 nitrogen and oxygen atoms in total. The Bertz CT molecular complexity index is 548. The van der Waals surface area contributed by atoms with Gasteiger partial charge < -0.3 is 4.74 Å². The number of methoxy groups -OCH3 is 1. The van der Waals surface area contributed by atoms with Crippen LogP contribution in [0.4, 0.5) is 0 Å². The maximum absolute atomic E-state index is 5.32. The van der Waals surface area contributed by atoms with Gasteiger partial charge in [-0.25, -0.2) is 0 Å². The number of rotatable bonds is 7. The normalized spacial score (nSPS) is 17.4. The van der Waals surface area contributed by atoms with E-state index in [4.69, 9.17) is 4.74 Å². The Morgan fingerprint density at radius 3 is 2.28 bits per heavy atom. The van der Waals surface area contributed by atoms with Gasteiger partial charge in [0.05, 0.1) is 7.11 Å². The fraction of sp³-hybridized carbons (Fsp3) is 0.652. The van der Waals surface area contributed by atoms with Gasteiger partial charge in [-0.05, 0) is 63.3 Å². The van der Waals surface area contributed by atoms with Crippen molar-refractivity contribution in [3.05, 3.63) is 41.5 Å². The second kappa shape index (κ2) is 8.89. The van der Waals surface area contributed by atoms with Gasteiger partial charge in [0.25, 0.3) is 0 Å². The molecule has 2 heteroatoms.